The van der Waals surface area contributed by atoms with Gasteiger partial charge in [-0.25, -0.2) is 9.18 Å². The van der Waals surface area contributed by atoms with E-state index in [0.717, 1.165) is 17.0 Å². The largest absolute Gasteiger partial charge is 0.480 e. The van der Waals surface area contributed by atoms with Gasteiger partial charge in [0.1, 0.15) is 18.9 Å². The summed E-state index contributed by atoms with van der Waals surface area (Å²) in [6, 6.07) is 3.30. The summed E-state index contributed by atoms with van der Waals surface area (Å²) in [5.74, 6) is -2.14. The van der Waals surface area contributed by atoms with Crippen molar-refractivity contribution in [2.24, 2.45) is 0 Å². The highest BCUT2D eigenvalue weighted by molar-refractivity contribution is 5.93. The molecular formula is C12H12F4N2O3. The monoisotopic (exact) mass is 308 g/mol. The summed E-state index contributed by atoms with van der Waals surface area (Å²) in [7, 11) is 1.17. The van der Waals surface area contributed by atoms with Gasteiger partial charge in [0.15, 0.2) is 0 Å². The maximum atomic E-state index is 12.8. The quantitative estimate of drug-likeness (QED) is 0.868. The van der Waals surface area contributed by atoms with Gasteiger partial charge in [0.2, 0.25) is 0 Å². The minimum atomic E-state index is -4.73. The van der Waals surface area contributed by atoms with E-state index in [-0.39, 0.29) is 10.6 Å². The van der Waals surface area contributed by atoms with Gasteiger partial charge in [-0.2, -0.15) is 13.2 Å². The highest BCUT2D eigenvalue weighted by atomic mass is 19.4. The number of anilines is 1. The summed E-state index contributed by atoms with van der Waals surface area (Å²) >= 11 is 0. The van der Waals surface area contributed by atoms with Crippen molar-refractivity contribution in [2.75, 3.05) is 25.0 Å². The number of amides is 2. The minimum Gasteiger partial charge on any atom is -0.480 e. The SMILES string of the molecule is CN(C(=O)N(CC(=O)O)CC(F)(F)F)c1ccc(F)cc1. The van der Waals surface area contributed by atoms with Gasteiger partial charge in [0.25, 0.3) is 0 Å². The van der Waals surface area contributed by atoms with Gasteiger partial charge in [0.05, 0.1) is 0 Å². The third kappa shape index (κ3) is 5.28. The standard InChI is InChI=1S/C12H12F4N2O3/c1-17(9-4-2-8(13)3-5-9)11(21)18(6-10(19)20)7-12(14,15)16/h2-5H,6-7H2,1H3,(H,19,20). The molecular weight excluding hydrogens is 296 g/mol. The maximum absolute atomic E-state index is 12.8. The number of hydrogen-bond acceptors (Lipinski definition) is 2. The number of hydrogen-bond donors (Lipinski definition) is 1. The summed E-state index contributed by atoms with van der Waals surface area (Å²) in [5, 5.41) is 8.59. The average Bonchev–Trinajstić information content (AvgIpc) is 2.35. The Bertz CT molecular complexity index is 516. The van der Waals surface area contributed by atoms with E-state index < -0.39 is 37.1 Å². The Morgan fingerprint density at radius 2 is 1.71 bits per heavy atom. The molecule has 5 nitrogen and oxygen atoms in total. The molecule has 0 fully saturated rings. The van der Waals surface area contributed by atoms with Crippen LogP contribution in [0.15, 0.2) is 24.3 Å². The summed E-state index contributed by atoms with van der Waals surface area (Å²) in [6.07, 6.45) is -4.73. The van der Waals surface area contributed by atoms with Crippen LogP contribution in [0.25, 0.3) is 0 Å². The normalized spacial score (nSPS) is 11.1. The summed E-state index contributed by atoms with van der Waals surface area (Å²) < 4.78 is 49.9. The lowest BCUT2D eigenvalue weighted by Gasteiger charge is -2.27. The first-order valence-electron chi connectivity index (χ1n) is 5.67. The molecule has 0 aliphatic carbocycles. The fourth-order valence-corrected chi connectivity index (χ4v) is 1.56. The van der Waals surface area contributed by atoms with Crippen LogP contribution in [0.4, 0.5) is 28.0 Å². The first kappa shape index (κ1) is 16.7. The second-order valence-electron chi connectivity index (χ2n) is 4.18. The van der Waals surface area contributed by atoms with E-state index in [4.69, 9.17) is 5.11 Å². The number of nitrogens with zero attached hydrogens (tertiary/aromatic N) is 2. The molecule has 21 heavy (non-hydrogen) atoms. The Hall–Kier alpha value is -2.32. The van der Waals surface area contributed by atoms with E-state index in [0.29, 0.717) is 0 Å². The smallest absolute Gasteiger partial charge is 0.406 e. The summed E-state index contributed by atoms with van der Waals surface area (Å²) in [6.45, 7) is -2.78. The first-order valence-corrected chi connectivity index (χ1v) is 5.67. The van der Waals surface area contributed by atoms with Crippen LogP contribution in [0, 0.1) is 5.82 Å². The average molecular weight is 308 g/mol. The van der Waals surface area contributed by atoms with Crippen LogP contribution in [0.2, 0.25) is 0 Å². The molecule has 116 valence electrons. The molecule has 1 aromatic carbocycles. The third-order valence-corrected chi connectivity index (χ3v) is 2.47. The number of benzene rings is 1. The maximum Gasteiger partial charge on any atom is 0.406 e. The molecule has 0 aliphatic heterocycles. The van der Waals surface area contributed by atoms with E-state index in [2.05, 4.69) is 0 Å². The van der Waals surface area contributed by atoms with Crippen molar-refractivity contribution in [3.8, 4) is 0 Å². The molecule has 1 N–H and O–H groups in total. The van der Waals surface area contributed by atoms with Crippen molar-refractivity contribution in [3.05, 3.63) is 30.1 Å². The van der Waals surface area contributed by atoms with Crippen molar-refractivity contribution < 1.29 is 32.3 Å². The zero-order chi connectivity index (χ0) is 16.2. The van der Waals surface area contributed by atoms with Crippen LogP contribution in [0.3, 0.4) is 0 Å². The lowest BCUT2D eigenvalue weighted by atomic mass is 10.3. The predicted octanol–water partition coefficient (Wildman–Crippen LogP) is 2.33. The second-order valence-corrected chi connectivity index (χ2v) is 4.18. The van der Waals surface area contributed by atoms with Crippen molar-refractivity contribution in [1.29, 1.82) is 0 Å². The summed E-state index contributed by atoms with van der Waals surface area (Å²) in [5.41, 5.74) is 0.138. The number of carboxylic acids is 1. The first-order chi connectivity index (χ1) is 9.60. The minimum absolute atomic E-state index is 0.138. The van der Waals surface area contributed by atoms with Gasteiger partial charge in [0, 0.05) is 12.7 Å². The van der Waals surface area contributed by atoms with Gasteiger partial charge >= 0.3 is 18.2 Å². The van der Waals surface area contributed by atoms with Crippen molar-refractivity contribution in [1.82, 2.24) is 4.90 Å². The third-order valence-electron chi connectivity index (χ3n) is 2.47. The second kappa shape index (κ2) is 6.42. The number of carbonyl (C=O) groups excluding carboxylic acids is 1. The Balaban J connectivity index is 2.92. The molecule has 0 aliphatic rings. The molecule has 0 atom stereocenters. The fourth-order valence-electron chi connectivity index (χ4n) is 1.56. The van der Waals surface area contributed by atoms with Crippen LogP contribution in [-0.2, 0) is 4.79 Å². The Morgan fingerprint density at radius 1 is 1.19 bits per heavy atom. The zero-order valence-corrected chi connectivity index (χ0v) is 10.9. The molecule has 2 amide bonds. The molecule has 9 heteroatoms. The molecule has 0 saturated heterocycles. The van der Waals surface area contributed by atoms with Gasteiger partial charge < -0.3 is 10.0 Å². The van der Waals surface area contributed by atoms with Crippen LogP contribution in [0.5, 0.6) is 0 Å². The lowest BCUT2D eigenvalue weighted by molar-refractivity contribution is -0.148. The molecule has 1 aromatic rings. The van der Waals surface area contributed by atoms with Crippen molar-refractivity contribution in [2.45, 2.75) is 6.18 Å². The molecule has 1 rings (SSSR count). The Labute approximate surface area is 117 Å². The van der Waals surface area contributed by atoms with Crippen LogP contribution >= 0.6 is 0 Å². The topological polar surface area (TPSA) is 60.9 Å². The molecule has 0 aromatic heterocycles. The van der Waals surface area contributed by atoms with Gasteiger partial charge in [-0.1, -0.05) is 0 Å². The molecule has 0 saturated carbocycles. The number of halogens is 4. The number of rotatable bonds is 4. The summed E-state index contributed by atoms with van der Waals surface area (Å²) in [4.78, 5) is 23.5. The number of carbonyl (C=O) groups is 2. The number of carboxylic acid groups (broad SMARTS) is 1. The number of aliphatic carboxylic acids is 1. The van der Waals surface area contributed by atoms with E-state index in [1.165, 1.54) is 19.2 Å². The molecule has 0 unspecified atom stereocenters. The van der Waals surface area contributed by atoms with Crippen LogP contribution < -0.4 is 4.90 Å². The zero-order valence-electron chi connectivity index (χ0n) is 10.9. The number of alkyl halides is 3. The Kier molecular flexibility index (Phi) is 5.12. The van der Waals surface area contributed by atoms with Crippen molar-refractivity contribution >= 4 is 17.7 Å². The van der Waals surface area contributed by atoms with Crippen molar-refractivity contribution in [3.63, 3.8) is 0 Å². The fraction of sp³-hybridized carbons (Fsp3) is 0.333. The Morgan fingerprint density at radius 3 is 2.14 bits per heavy atom. The number of urea groups is 1. The van der Waals surface area contributed by atoms with E-state index in [1.54, 1.807) is 0 Å². The van der Waals surface area contributed by atoms with Gasteiger partial charge in [-0.3, -0.25) is 9.69 Å². The lowest BCUT2D eigenvalue weighted by Crippen LogP contribution is -2.47. The molecule has 0 spiro atoms. The van der Waals surface area contributed by atoms with Crippen LogP contribution in [-0.4, -0.2) is 48.3 Å². The van der Waals surface area contributed by atoms with Crippen LogP contribution in [0.1, 0.15) is 0 Å². The predicted molar refractivity (Wildman–Crippen MR) is 65.5 cm³/mol. The molecule has 0 radical (unpaired) electrons. The molecule has 0 heterocycles. The highest BCUT2D eigenvalue weighted by Crippen LogP contribution is 2.19. The van der Waals surface area contributed by atoms with E-state index >= 15 is 0 Å². The van der Waals surface area contributed by atoms with E-state index in [1.807, 2.05) is 0 Å². The van der Waals surface area contributed by atoms with Gasteiger partial charge in [-0.05, 0) is 24.3 Å². The van der Waals surface area contributed by atoms with E-state index in [9.17, 15) is 27.2 Å². The highest BCUT2D eigenvalue weighted by Gasteiger charge is 2.35. The van der Waals surface area contributed by atoms with Gasteiger partial charge in [-0.15, -0.1) is 0 Å². The molecule has 0 bridgehead atoms.